The van der Waals surface area contributed by atoms with Crippen molar-refractivity contribution >= 4 is 51.2 Å². The monoisotopic (exact) mass is 696 g/mol. The van der Waals surface area contributed by atoms with E-state index >= 15 is 0 Å². The van der Waals surface area contributed by atoms with Gasteiger partial charge in [0.2, 0.25) is 11.1 Å². The van der Waals surface area contributed by atoms with Crippen LogP contribution in [0, 0.1) is 6.92 Å². The highest BCUT2D eigenvalue weighted by Crippen LogP contribution is 2.44. The minimum absolute atomic E-state index is 0.300. The van der Waals surface area contributed by atoms with Crippen LogP contribution in [0.15, 0.2) is 81.6 Å². The second-order valence-electron chi connectivity index (χ2n) is 10.6. The molecule has 11 heteroatoms. The molecule has 0 amide bonds. The van der Waals surface area contributed by atoms with E-state index < -0.39 is 12.0 Å². The number of benzene rings is 3. The molecule has 0 radical (unpaired) electrons. The van der Waals surface area contributed by atoms with Crippen molar-refractivity contribution in [3.05, 3.63) is 104 Å². The van der Waals surface area contributed by atoms with E-state index in [0.29, 0.717) is 62.3 Å². The van der Waals surface area contributed by atoms with Gasteiger partial charge in [-0.1, -0.05) is 71.4 Å². The molecule has 0 saturated heterocycles. The van der Waals surface area contributed by atoms with Crippen LogP contribution in [0.1, 0.15) is 56.0 Å². The highest BCUT2D eigenvalue weighted by molar-refractivity contribution is 9.10. The fraction of sp³-hybridized carbons (Fsp3) is 0.303. The van der Waals surface area contributed by atoms with E-state index in [1.165, 1.54) is 17.3 Å². The zero-order valence-corrected chi connectivity index (χ0v) is 28.3. The van der Waals surface area contributed by atoms with Gasteiger partial charge in [0.1, 0.15) is 12.6 Å². The van der Waals surface area contributed by atoms with Crippen LogP contribution in [0.3, 0.4) is 0 Å². The number of aryl methyl sites for hydroxylation is 1. The molecule has 4 aromatic rings. The molecule has 0 spiro atoms. The molecule has 1 unspecified atom stereocenters. The first kappa shape index (κ1) is 31.9. The highest BCUT2D eigenvalue weighted by Gasteiger charge is 2.36. The Bertz CT molecular complexity index is 1690. The van der Waals surface area contributed by atoms with Crippen LogP contribution < -0.4 is 14.8 Å². The number of thioether (sulfide) groups is 1. The quantitative estimate of drug-likeness (QED) is 0.123. The van der Waals surface area contributed by atoms with Crippen molar-refractivity contribution < 1.29 is 19.0 Å². The number of hydrogen-bond donors (Lipinski definition) is 1. The Labute approximate surface area is 275 Å². The largest absolute Gasteiger partial charge is 0.490 e. The molecular formula is C33H34BrClN4O4S. The van der Waals surface area contributed by atoms with Gasteiger partial charge in [-0.2, -0.15) is 4.98 Å². The minimum Gasteiger partial charge on any atom is -0.490 e. The lowest BCUT2D eigenvalue weighted by Gasteiger charge is -2.29. The average Bonchev–Trinajstić information content (AvgIpc) is 3.38. The molecule has 1 aliphatic rings. The number of carbonyl (C=O) groups is 1. The summed E-state index contributed by atoms with van der Waals surface area (Å²) < 4.78 is 20.4. The summed E-state index contributed by atoms with van der Waals surface area (Å²) in [4.78, 5) is 18.3. The number of esters is 1. The van der Waals surface area contributed by atoms with Gasteiger partial charge < -0.3 is 19.5 Å². The fourth-order valence-electron chi connectivity index (χ4n) is 4.79. The third-order valence-electron chi connectivity index (χ3n) is 6.86. The van der Waals surface area contributed by atoms with Crippen molar-refractivity contribution in [3.63, 3.8) is 0 Å². The number of allylic oxidation sites excluding steroid dienone is 1. The molecule has 0 fully saturated rings. The molecule has 1 atom stereocenters. The van der Waals surface area contributed by atoms with Crippen LogP contribution >= 0.6 is 39.3 Å². The number of rotatable bonds is 11. The molecule has 0 bridgehead atoms. The van der Waals surface area contributed by atoms with Crippen molar-refractivity contribution in [3.8, 4) is 11.5 Å². The van der Waals surface area contributed by atoms with Gasteiger partial charge in [0.15, 0.2) is 11.5 Å². The van der Waals surface area contributed by atoms with Crippen LogP contribution in [0.25, 0.3) is 0 Å². The molecule has 1 aromatic heterocycles. The number of ether oxygens (including phenoxy) is 3. The summed E-state index contributed by atoms with van der Waals surface area (Å²) >= 11 is 11.6. The summed E-state index contributed by atoms with van der Waals surface area (Å²) in [5, 5.41) is 9.34. The third kappa shape index (κ3) is 7.25. The predicted octanol–water partition coefficient (Wildman–Crippen LogP) is 8.51. The fourth-order valence-corrected chi connectivity index (χ4v) is 6.48. The molecule has 2 heterocycles. The van der Waals surface area contributed by atoms with Crippen molar-refractivity contribution in [1.29, 1.82) is 0 Å². The number of nitrogens with one attached hydrogen (secondary N) is 1. The van der Waals surface area contributed by atoms with E-state index in [1.807, 2.05) is 76.2 Å². The summed E-state index contributed by atoms with van der Waals surface area (Å²) in [5.74, 6) is 1.80. The lowest BCUT2D eigenvalue weighted by atomic mass is 9.95. The van der Waals surface area contributed by atoms with Crippen molar-refractivity contribution in [2.75, 3.05) is 11.9 Å². The first-order valence-corrected chi connectivity index (χ1v) is 16.5. The normalized spacial score (nSPS) is 14.3. The van der Waals surface area contributed by atoms with Gasteiger partial charge >= 0.3 is 5.97 Å². The molecule has 3 aromatic carbocycles. The maximum atomic E-state index is 13.5. The predicted molar refractivity (Wildman–Crippen MR) is 178 cm³/mol. The Balaban J connectivity index is 1.53. The number of anilines is 1. The van der Waals surface area contributed by atoms with E-state index in [1.54, 1.807) is 4.68 Å². The molecule has 0 aliphatic carbocycles. The standard InChI is InChI=1S/C33H34BrClN4O4S/c1-6-41-27-16-24(15-25(34)30(27)42-17-22-13-11-20(4)12-14-22)29-28(31(40)43-19(2)3)21(5)36-32-37-33(38-39(29)32)44-18-23-9-7-8-10-26(23)35/h7-16,19,29H,6,17-18H2,1-5H3,(H,36,37,38). The summed E-state index contributed by atoms with van der Waals surface area (Å²) in [5.41, 5.74) is 5.04. The zero-order valence-electron chi connectivity index (χ0n) is 25.2. The zero-order chi connectivity index (χ0) is 31.4. The van der Waals surface area contributed by atoms with Gasteiger partial charge in [-0.3, -0.25) is 0 Å². The second-order valence-corrected chi connectivity index (χ2v) is 12.8. The number of carbonyl (C=O) groups excluding carboxylic acids is 1. The van der Waals surface area contributed by atoms with Crippen LogP contribution in [0.5, 0.6) is 11.5 Å². The number of aromatic nitrogens is 3. The van der Waals surface area contributed by atoms with Crippen molar-refractivity contribution in [2.24, 2.45) is 0 Å². The molecule has 5 rings (SSSR count). The number of fused-ring (bicyclic) bond motifs is 1. The Morgan fingerprint density at radius 1 is 1.11 bits per heavy atom. The number of halogens is 2. The van der Waals surface area contributed by atoms with E-state index in [-0.39, 0.29) is 6.10 Å². The number of hydrogen-bond acceptors (Lipinski definition) is 8. The molecule has 8 nitrogen and oxygen atoms in total. The lowest BCUT2D eigenvalue weighted by molar-refractivity contribution is -0.143. The smallest absolute Gasteiger partial charge is 0.338 e. The maximum Gasteiger partial charge on any atom is 0.338 e. The van der Waals surface area contributed by atoms with Gasteiger partial charge in [-0.05, 0) is 85.4 Å². The first-order chi connectivity index (χ1) is 21.1. The summed E-state index contributed by atoms with van der Waals surface area (Å²) in [7, 11) is 0. The summed E-state index contributed by atoms with van der Waals surface area (Å²) in [6.07, 6.45) is -0.300. The van der Waals surface area contributed by atoms with Crippen molar-refractivity contribution in [1.82, 2.24) is 14.8 Å². The summed E-state index contributed by atoms with van der Waals surface area (Å²) in [6, 6.07) is 19.1. The van der Waals surface area contributed by atoms with Gasteiger partial charge in [0.05, 0.1) is 22.8 Å². The average molecular weight is 698 g/mol. The molecule has 1 N–H and O–H groups in total. The molecule has 0 saturated carbocycles. The van der Waals surface area contributed by atoms with E-state index in [9.17, 15) is 4.79 Å². The van der Waals surface area contributed by atoms with Crippen LogP contribution in [0.4, 0.5) is 5.95 Å². The van der Waals surface area contributed by atoms with E-state index in [4.69, 9.17) is 35.9 Å². The van der Waals surface area contributed by atoms with Crippen molar-refractivity contribution in [2.45, 2.75) is 64.3 Å². The maximum absolute atomic E-state index is 13.5. The minimum atomic E-state index is -0.638. The third-order valence-corrected chi connectivity index (χ3v) is 8.71. The molecule has 1 aliphatic heterocycles. The van der Waals surface area contributed by atoms with Gasteiger partial charge in [-0.25, -0.2) is 9.48 Å². The number of nitrogens with zero attached hydrogens (tertiary/aromatic N) is 3. The van der Waals surface area contributed by atoms with Gasteiger partial charge in [0, 0.05) is 16.5 Å². The Hall–Kier alpha value is -3.47. The highest BCUT2D eigenvalue weighted by atomic mass is 79.9. The summed E-state index contributed by atoms with van der Waals surface area (Å²) in [6.45, 7) is 10.3. The first-order valence-electron chi connectivity index (χ1n) is 14.3. The lowest BCUT2D eigenvalue weighted by Crippen LogP contribution is -2.30. The van der Waals surface area contributed by atoms with E-state index in [0.717, 1.165) is 16.7 Å². The van der Waals surface area contributed by atoms with Crippen LogP contribution in [-0.4, -0.2) is 33.4 Å². The topological polar surface area (TPSA) is 87.5 Å². The SMILES string of the molecule is CCOc1cc(C2C(C(=O)OC(C)C)=C(C)Nc3nc(SCc4ccccc4Cl)nn32)cc(Br)c1OCc1ccc(C)cc1. The van der Waals surface area contributed by atoms with E-state index in [2.05, 4.69) is 40.3 Å². The van der Waals surface area contributed by atoms with Gasteiger partial charge in [0.25, 0.3) is 0 Å². The Morgan fingerprint density at radius 3 is 2.57 bits per heavy atom. The van der Waals surface area contributed by atoms with Crippen LogP contribution in [-0.2, 0) is 21.9 Å². The Morgan fingerprint density at radius 2 is 1.86 bits per heavy atom. The molecule has 230 valence electrons. The molecular weight excluding hydrogens is 664 g/mol. The Kier molecular flexibility index (Phi) is 10.2. The van der Waals surface area contributed by atoms with Crippen LogP contribution in [0.2, 0.25) is 5.02 Å². The molecule has 44 heavy (non-hydrogen) atoms. The van der Waals surface area contributed by atoms with Gasteiger partial charge in [-0.15, -0.1) is 5.10 Å². The second kappa shape index (κ2) is 14.1.